The summed E-state index contributed by atoms with van der Waals surface area (Å²) < 4.78 is 40.1. The number of rotatable bonds is 10. The molecule has 5 aliphatic carbocycles. The summed E-state index contributed by atoms with van der Waals surface area (Å²) in [5, 5.41) is 142. The molecule has 22 heteroatoms. The smallest absolute Gasteiger partial charge is 0.315 e. The molecule has 0 unspecified atom stereocenters. The van der Waals surface area contributed by atoms with Crippen LogP contribution in [0.2, 0.25) is 0 Å². The van der Waals surface area contributed by atoms with Gasteiger partial charge in [0.1, 0.15) is 67.1 Å². The summed E-state index contributed by atoms with van der Waals surface area (Å²) in [6.07, 6.45) is -22.9. The molecule has 13 N–H and O–H groups in total. The predicted octanol–water partition coefficient (Wildman–Crippen LogP) is -3.15. The minimum Gasteiger partial charge on any atom is -0.469 e. The second-order valence-corrected chi connectivity index (χ2v) is 23.1. The molecule has 22 nitrogen and oxygen atoms in total. The lowest BCUT2D eigenvalue weighted by Gasteiger charge is -2.72. The van der Waals surface area contributed by atoms with Gasteiger partial charge >= 0.3 is 11.9 Å². The second kappa shape index (κ2) is 19.3. The van der Waals surface area contributed by atoms with E-state index in [9.17, 15) is 76.0 Å². The fourth-order valence-corrected chi connectivity index (χ4v) is 15.3. The number of hydrogen-bond donors (Lipinski definition) is 13. The molecule has 0 aromatic rings. The summed E-state index contributed by atoms with van der Waals surface area (Å²) in [5.74, 6) is -2.95. The summed E-state index contributed by atoms with van der Waals surface area (Å²) in [6, 6.07) is 0. The van der Waals surface area contributed by atoms with Crippen LogP contribution in [0.3, 0.4) is 0 Å². The lowest BCUT2D eigenvalue weighted by Crippen LogP contribution is -2.71. The zero-order valence-corrected chi connectivity index (χ0v) is 40.6. The molecule has 3 heterocycles. The minimum absolute atomic E-state index is 0.0410. The molecule has 0 bridgehead atoms. The van der Waals surface area contributed by atoms with Gasteiger partial charge in [0.2, 0.25) is 6.29 Å². The van der Waals surface area contributed by atoms with E-state index in [1.54, 1.807) is 19.9 Å². The van der Waals surface area contributed by atoms with Gasteiger partial charge in [-0.15, -0.1) is 0 Å². The molecule has 7 fully saturated rings. The van der Waals surface area contributed by atoms with Crippen LogP contribution in [0.4, 0.5) is 0 Å². The van der Waals surface area contributed by atoms with Crippen molar-refractivity contribution in [1.82, 2.24) is 0 Å². The van der Waals surface area contributed by atoms with E-state index in [-0.39, 0.29) is 32.1 Å². The van der Waals surface area contributed by atoms with Gasteiger partial charge in [0.25, 0.3) is 0 Å². The van der Waals surface area contributed by atoms with E-state index in [0.717, 1.165) is 5.57 Å². The number of hydrogen-bond acceptors (Lipinski definition) is 22. The van der Waals surface area contributed by atoms with Crippen LogP contribution < -0.4 is 0 Å². The molecule has 0 amide bonds. The zero-order valence-electron chi connectivity index (χ0n) is 40.6. The first-order valence-corrected chi connectivity index (χ1v) is 24.7. The molecule has 26 atom stereocenters. The van der Waals surface area contributed by atoms with Gasteiger partial charge < -0.3 is 99.5 Å². The van der Waals surface area contributed by atoms with Crippen molar-refractivity contribution in [1.29, 1.82) is 0 Å². The van der Waals surface area contributed by atoms with Crippen LogP contribution in [0.5, 0.6) is 0 Å². The number of aliphatic hydroxyl groups is 13. The Labute approximate surface area is 406 Å². The van der Waals surface area contributed by atoms with Crippen LogP contribution in [0.25, 0.3) is 0 Å². The number of carbonyl (C=O) groups is 2. The van der Waals surface area contributed by atoms with Gasteiger partial charge in [-0.3, -0.25) is 9.59 Å². The molecular formula is C48H76O22. The fourth-order valence-electron chi connectivity index (χ4n) is 15.3. The van der Waals surface area contributed by atoms with E-state index in [0.29, 0.717) is 19.3 Å². The largest absolute Gasteiger partial charge is 0.469 e. The molecule has 0 spiro atoms. The van der Waals surface area contributed by atoms with Gasteiger partial charge in [-0.25, -0.2) is 0 Å². The van der Waals surface area contributed by atoms with E-state index >= 15 is 0 Å². The summed E-state index contributed by atoms with van der Waals surface area (Å²) >= 11 is 0. The molecule has 8 aliphatic rings. The topological polar surface area (TPSA) is 362 Å². The first kappa shape index (κ1) is 54.2. The third-order valence-corrected chi connectivity index (χ3v) is 19.4. The maximum absolute atomic E-state index is 14.8. The molecule has 0 aromatic carbocycles. The van der Waals surface area contributed by atoms with Crippen molar-refractivity contribution in [2.24, 2.45) is 50.2 Å². The van der Waals surface area contributed by atoms with Gasteiger partial charge in [-0.05, 0) is 86.4 Å². The molecule has 70 heavy (non-hydrogen) atoms. The van der Waals surface area contributed by atoms with Crippen LogP contribution in [-0.2, 0) is 42.7 Å². The van der Waals surface area contributed by atoms with Crippen LogP contribution in [0.1, 0.15) is 86.0 Å². The Kier molecular flexibility index (Phi) is 14.9. The predicted molar refractivity (Wildman–Crippen MR) is 235 cm³/mol. The van der Waals surface area contributed by atoms with Gasteiger partial charge in [0.15, 0.2) is 12.6 Å². The number of methoxy groups -OCH3 is 1. The van der Waals surface area contributed by atoms with E-state index in [1.165, 1.54) is 7.11 Å². The number of fused-ring (bicyclic) bond motifs is 7. The maximum Gasteiger partial charge on any atom is 0.315 e. The summed E-state index contributed by atoms with van der Waals surface area (Å²) in [7, 11) is 1.29. The van der Waals surface area contributed by atoms with Crippen molar-refractivity contribution in [2.75, 3.05) is 33.5 Å². The van der Waals surface area contributed by atoms with Crippen molar-refractivity contribution < 1.29 is 109 Å². The average Bonchev–Trinajstić information content (AvgIpc) is 3.32. The Morgan fingerprint density at radius 3 is 1.94 bits per heavy atom. The van der Waals surface area contributed by atoms with Crippen molar-refractivity contribution >= 4 is 11.9 Å². The number of ether oxygens (including phenoxy) is 7. The third kappa shape index (κ3) is 8.14. The molecule has 4 saturated carbocycles. The van der Waals surface area contributed by atoms with Crippen LogP contribution in [0, 0.1) is 50.2 Å². The number of carbonyl (C=O) groups excluding carboxylic acids is 2. The first-order chi connectivity index (χ1) is 32.8. The average molecular weight is 1010 g/mol. The Morgan fingerprint density at radius 2 is 1.30 bits per heavy atom. The monoisotopic (exact) mass is 1000 g/mol. The Hall–Kier alpha value is -2.04. The maximum atomic E-state index is 14.8. The molecule has 400 valence electrons. The SMILES string of the molecule is COC(=O)[C@@]1(C)CC[C@]2(C(=O)O[C@@H]3O[C@H](CO)[C@@H](O)[C@H](O)[C@H]3O)CC[C@]3(C)C(=C[C@@H](O)[C@@H]4[C@@]5(C)C[C@H](O)[C@H](O[C@@H]6O[C@H](CO)[C@@H](O[C@@H]7OC[C@@H](O)[C@H](O)[C@H]7O)[C@H](O)[C@H]6O)[C@@](C)(CO)[C@@H]5CC[C@]43C)[C@@H]2C1. The molecule has 3 aliphatic heterocycles. The van der Waals surface area contributed by atoms with Crippen LogP contribution >= 0.6 is 0 Å². The number of esters is 2. The summed E-state index contributed by atoms with van der Waals surface area (Å²) in [6.45, 7) is 7.26. The lowest BCUT2D eigenvalue weighted by atomic mass is 9.33. The highest BCUT2D eigenvalue weighted by Crippen LogP contribution is 2.76. The quantitative estimate of drug-likeness (QED) is 0.0584. The third-order valence-electron chi connectivity index (χ3n) is 19.4. The Balaban J connectivity index is 1.08. The van der Waals surface area contributed by atoms with E-state index in [1.807, 2.05) is 6.92 Å². The Bertz CT molecular complexity index is 1960. The fraction of sp³-hybridized carbons (Fsp3) is 0.917. The first-order valence-electron chi connectivity index (χ1n) is 24.7. The van der Waals surface area contributed by atoms with Gasteiger partial charge in [0, 0.05) is 11.3 Å². The van der Waals surface area contributed by atoms with E-state index < -0.39 is 193 Å². The molecule has 8 rings (SSSR count). The second-order valence-electron chi connectivity index (χ2n) is 23.1. The minimum atomic E-state index is -1.86. The number of allylic oxidation sites excluding steroid dienone is 1. The highest BCUT2D eigenvalue weighted by molar-refractivity contribution is 5.81. The summed E-state index contributed by atoms with van der Waals surface area (Å²) in [4.78, 5) is 28.3. The van der Waals surface area contributed by atoms with Gasteiger partial charge in [0.05, 0.1) is 62.7 Å². The van der Waals surface area contributed by atoms with Crippen molar-refractivity contribution in [2.45, 2.75) is 190 Å². The summed E-state index contributed by atoms with van der Waals surface area (Å²) in [5.41, 5.74) is -5.27. The number of aliphatic hydroxyl groups excluding tert-OH is 13. The van der Waals surface area contributed by atoms with Crippen molar-refractivity contribution in [3.05, 3.63) is 11.6 Å². The molecule has 0 radical (unpaired) electrons. The molecule has 0 aromatic heterocycles. The van der Waals surface area contributed by atoms with Crippen LogP contribution in [-0.4, -0.2) is 216 Å². The van der Waals surface area contributed by atoms with Crippen molar-refractivity contribution in [3.63, 3.8) is 0 Å². The van der Waals surface area contributed by atoms with E-state index in [2.05, 4.69) is 13.8 Å². The zero-order chi connectivity index (χ0) is 51.4. The lowest BCUT2D eigenvalue weighted by molar-refractivity contribution is -0.368. The molecular weight excluding hydrogens is 929 g/mol. The van der Waals surface area contributed by atoms with Crippen molar-refractivity contribution in [3.8, 4) is 0 Å². The van der Waals surface area contributed by atoms with Gasteiger partial charge in [-0.2, -0.15) is 0 Å². The Morgan fingerprint density at radius 1 is 0.671 bits per heavy atom. The van der Waals surface area contributed by atoms with Crippen LogP contribution in [0.15, 0.2) is 11.6 Å². The van der Waals surface area contributed by atoms with Gasteiger partial charge in [-0.1, -0.05) is 39.3 Å². The molecule has 3 saturated heterocycles. The standard InChI is InChI=1S/C48H76O22/c1-43(41(62)64-6)9-11-48(42(63)70-40-33(60)30(57)29(56)25(16-49)66-40)12-10-46(4)20(21(48)14-43)13-22(52)36-44(2)15-23(53)37(45(3,19-51)27(44)7-8-47(36,46)5)69-39-34(61)31(58)35(26(17-50)67-39)68-38-32(59)28(55)24(54)18-65-38/h13,21-40,49-61H,7-12,14-19H2,1-6H3/t21-,22+,23-,24+,25+,26+,27+,28-,29+,30-,31+,32+,33+,34+,35+,36+,37-,38-,39-,40-,43-,44-,45-,46+,47+,48-/m0/s1. The highest BCUT2D eigenvalue weighted by Gasteiger charge is 2.73. The highest BCUT2D eigenvalue weighted by atomic mass is 16.7. The normalized spacial score (nSPS) is 54.6. The van der Waals surface area contributed by atoms with E-state index in [4.69, 9.17) is 33.2 Å².